The first kappa shape index (κ1) is 22.4. The Hall–Kier alpha value is -3.24. The van der Waals surface area contributed by atoms with Crippen LogP contribution in [-0.2, 0) is 6.54 Å². The zero-order valence-corrected chi connectivity index (χ0v) is 17.8. The predicted octanol–water partition coefficient (Wildman–Crippen LogP) is 3.64. The van der Waals surface area contributed by atoms with Gasteiger partial charge in [-0.3, -0.25) is 14.7 Å². The van der Waals surface area contributed by atoms with E-state index in [-0.39, 0.29) is 28.6 Å². The molecule has 162 valence electrons. The number of halogens is 4. The van der Waals surface area contributed by atoms with E-state index >= 15 is 0 Å². The number of hydrogen-bond donors (Lipinski definition) is 3. The molecule has 0 aliphatic heterocycles. The van der Waals surface area contributed by atoms with Gasteiger partial charge >= 0.3 is 0 Å². The molecule has 2 heterocycles. The lowest BCUT2D eigenvalue weighted by atomic mass is 10.2. The van der Waals surface area contributed by atoms with Crippen LogP contribution >= 0.6 is 23.2 Å². The van der Waals surface area contributed by atoms with Gasteiger partial charge in [-0.2, -0.15) is 5.10 Å². The summed E-state index contributed by atoms with van der Waals surface area (Å²) in [6.45, 7) is 0.168. The van der Waals surface area contributed by atoms with E-state index in [0.29, 0.717) is 23.1 Å². The van der Waals surface area contributed by atoms with Crippen molar-refractivity contribution in [2.24, 2.45) is 0 Å². The summed E-state index contributed by atoms with van der Waals surface area (Å²) in [7, 11) is 3.60. The summed E-state index contributed by atoms with van der Waals surface area (Å²) in [5.74, 6) is -3.09. The number of nitrogens with zero attached hydrogens (tertiary/aromatic N) is 3. The number of aromatic nitrogens is 3. The first-order chi connectivity index (χ1) is 14.7. The monoisotopic (exact) mass is 468 g/mol. The van der Waals surface area contributed by atoms with Crippen molar-refractivity contribution >= 4 is 46.7 Å². The molecule has 0 radical (unpaired) electrons. The third kappa shape index (κ3) is 5.28. The van der Waals surface area contributed by atoms with Crippen LogP contribution in [0.3, 0.4) is 0 Å². The van der Waals surface area contributed by atoms with Crippen molar-refractivity contribution in [2.45, 2.75) is 6.54 Å². The van der Waals surface area contributed by atoms with Crippen LogP contribution < -0.4 is 15.5 Å². The minimum Gasteiger partial charge on any atom is -0.362 e. The number of pyridine rings is 1. The minimum atomic E-state index is -1.22. The number of amides is 2. The van der Waals surface area contributed by atoms with E-state index in [2.05, 4.69) is 25.8 Å². The van der Waals surface area contributed by atoms with Gasteiger partial charge in [0.15, 0.2) is 17.5 Å². The van der Waals surface area contributed by atoms with E-state index in [0.717, 1.165) is 5.56 Å². The summed E-state index contributed by atoms with van der Waals surface area (Å²) in [4.78, 5) is 30.6. The van der Waals surface area contributed by atoms with Crippen molar-refractivity contribution in [3.8, 4) is 0 Å². The molecule has 12 heteroatoms. The van der Waals surface area contributed by atoms with Crippen LogP contribution in [0, 0.1) is 11.6 Å². The maximum atomic E-state index is 13.4. The van der Waals surface area contributed by atoms with Crippen LogP contribution in [0.25, 0.3) is 0 Å². The van der Waals surface area contributed by atoms with Crippen LogP contribution in [0.15, 0.2) is 30.3 Å². The van der Waals surface area contributed by atoms with Crippen molar-refractivity contribution < 1.29 is 18.4 Å². The second kappa shape index (κ2) is 9.27. The highest BCUT2D eigenvalue weighted by atomic mass is 35.5. The lowest BCUT2D eigenvalue weighted by molar-refractivity contribution is 0.0945. The first-order valence-electron chi connectivity index (χ1n) is 8.78. The van der Waals surface area contributed by atoms with Gasteiger partial charge in [0, 0.05) is 32.3 Å². The normalized spacial score (nSPS) is 10.6. The van der Waals surface area contributed by atoms with Gasteiger partial charge < -0.3 is 15.5 Å². The van der Waals surface area contributed by atoms with Gasteiger partial charge in [-0.25, -0.2) is 13.8 Å². The second-order valence-corrected chi connectivity index (χ2v) is 7.36. The van der Waals surface area contributed by atoms with Crippen LogP contribution in [0.2, 0.25) is 10.2 Å². The standard InChI is InChI=1S/C19H16Cl2F2N6O2/c1-29(2)17-9(3-4-15(21)25-17)8-24-19(31)14-7-16(28-27-14)26-18(30)10-5-12(22)13(23)6-11(10)20/h3-7H,8H2,1-2H3,(H,24,31)(H2,26,27,28,30). The fourth-order valence-electron chi connectivity index (χ4n) is 2.63. The zero-order chi connectivity index (χ0) is 22.7. The SMILES string of the molecule is CN(C)c1nc(Cl)ccc1CNC(=O)c1cc(NC(=O)c2cc(F)c(F)cc2Cl)n[nH]1. The molecular weight excluding hydrogens is 453 g/mol. The average Bonchev–Trinajstić information content (AvgIpc) is 3.17. The third-order valence-electron chi connectivity index (χ3n) is 4.10. The van der Waals surface area contributed by atoms with Crippen LogP contribution in [0.5, 0.6) is 0 Å². The highest BCUT2D eigenvalue weighted by Crippen LogP contribution is 2.22. The van der Waals surface area contributed by atoms with Crippen LogP contribution in [-0.4, -0.2) is 41.1 Å². The van der Waals surface area contributed by atoms with E-state index in [4.69, 9.17) is 23.2 Å². The molecule has 0 saturated carbocycles. The molecule has 3 N–H and O–H groups in total. The van der Waals surface area contributed by atoms with E-state index in [1.165, 1.54) is 6.07 Å². The topological polar surface area (TPSA) is 103 Å². The highest BCUT2D eigenvalue weighted by Gasteiger charge is 2.18. The Balaban J connectivity index is 1.66. The van der Waals surface area contributed by atoms with Crippen molar-refractivity contribution in [1.82, 2.24) is 20.5 Å². The van der Waals surface area contributed by atoms with Crippen molar-refractivity contribution in [3.05, 3.63) is 69.0 Å². The zero-order valence-electron chi connectivity index (χ0n) is 16.3. The Kier molecular flexibility index (Phi) is 6.71. The number of nitrogens with one attached hydrogen (secondary N) is 3. The van der Waals surface area contributed by atoms with E-state index in [1.807, 2.05) is 0 Å². The third-order valence-corrected chi connectivity index (χ3v) is 4.63. The predicted molar refractivity (Wildman–Crippen MR) is 113 cm³/mol. The largest absolute Gasteiger partial charge is 0.362 e. The smallest absolute Gasteiger partial charge is 0.269 e. The summed E-state index contributed by atoms with van der Waals surface area (Å²) >= 11 is 11.7. The first-order valence-corrected chi connectivity index (χ1v) is 9.53. The molecule has 8 nitrogen and oxygen atoms in total. The molecule has 0 spiro atoms. The molecule has 0 saturated heterocycles. The number of carbonyl (C=O) groups excluding carboxylic acids is 2. The fraction of sp³-hybridized carbons (Fsp3) is 0.158. The van der Waals surface area contributed by atoms with Crippen molar-refractivity contribution in [3.63, 3.8) is 0 Å². The molecule has 2 amide bonds. The Morgan fingerprint density at radius 2 is 1.81 bits per heavy atom. The number of hydrogen-bond acceptors (Lipinski definition) is 5. The Labute approximate surface area is 185 Å². The molecule has 0 aliphatic carbocycles. The number of aromatic amines is 1. The molecule has 3 aromatic rings. The van der Waals surface area contributed by atoms with Gasteiger partial charge in [-0.05, 0) is 18.2 Å². The number of carbonyl (C=O) groups is 2. The summed E-state index contributed by atoms with van der Waals surface area (Å²) in [5.41, 5.74) is 0.532. The lowest BCUT2D eigenvalue weighted by Gasteiger charge is -2.16. The molecular formula is C19H16Cl2F2N6O2. The van der Waals surface area contributed by atoms with Crippen LogP contribution in [0.4, 0.5) is 20.4 Å². The molecule has 0 bridgehead atoms. The summed E-state index contributed by atoms with van der Waals surface area (Å²) in [6, 6.07) is 6.02. The molecule has 31 heavy (non-hydrogen) atoms. The maximum Gasteiger partial charge on any atom is 0.269 e. The maximum absolute atomic E-state index is 13.4. The van der Waals surface area contributed by atoms with Gasteiger partial charge in [-0.1, -0.05) is 29.3 Å². The second-order valence-electron chi connectivity index (χ2n) is 6.56. The van der Waals surface area contributed by atoms with Gasteiger partial charge in [-0.15, -0.1) is 0 Å². The number of H-pyrrole nitrogens is 1. The Bertz CT molecular complexity index is 1150. The summed E-state index contributed by atoms with van der Waals surface area (Å²) in [5, 5.41) is 11.4. The Morgan fingerprint density at radius 3 is 2.52 bits per heavy atom. The molecule has 0 unspecified atom stereocenters. The summed E-state index contributed by atoms with van der Waals surface area (Å²) in [6.07, 6.45) is 0. The van der Waals surface area contributed by atoms with Gasteiger partial charge in [0.25, 0.3) is 11.8 Å². The molecule has 1 aromatic carbocycles. The Morgan fingerprint density at radius 1 is 1.10 bits per heavy atom. The van der Waals surface area contributed by atoms with Gasteiger partial charge in [0.2, 0.25) is 0 Å². The van der Waals surface area contributed by atoms with Crippen molar-refractivity contribution in [2.75, 3.05) is 24.3 Å². The fourth-order valence-corrected chi connectivity index (χ4v) is 3.01. The molecule has 3 rings (SSSR count). The highest BCUT2D eigenvalue weighted by molar-refractivity contribution is 6.34. The van der Waals surface area contributed by atoms with E-state index in [9.17, 15) is 18.4 Å². The van der Waals surface area contributed by atoms with E-state index in [1.54, 1.807) is 31.1 Å². The minimum absolute atomic E-state index is 0.00177. The van der Waals surface area contributed by atoms with Gasteiger partial charge in [0.05, 0.1) is 10.6 Å². The molecule has 0 aliphatic rings. The summed E-state index contributed by atoms with van der Waals surface area (Å²) < 4.78 is 26.6. The molecule has 2 aromatic heterocycles. The lowest BCUT2D eigenvalue weighted by Crippen LogP contribution is -2.25. The van der Waals surface area contributed by atoms with Gasteiger partial charge in [0.1, 0.15) is 16.7 Å². The van der Waals surface area contributed by atoms with Crippen LogP contribution in [0.1, 0.15) is 26.4 Å². The average molecular weight is 469 g/mol. The van der Waals surface area contributed by atoms with E-state index < -0.39 is 23.4 Å². The molecule has 0 atom stereocenters. The van der Waals surface area contributed by atoms with Crippen molar-refractivity contribution in [1.29, 1.82) is 0 Å². The number of anilines is 2. The number of benzene rings is 1. The molecule has 0 fully saturated rings. The quantitative estimate of drug-likeness (QED) is 0.378. The number of rotatable bonds is 6.